The number of amides is 2. The van der Waals surface area contributed by atoms with Gasteiger partial charge in [-0.05, 0) is 36.2 Å². The number of piperazine rings is 1. The van der Waals surface area contributed by atoms with Crippen molar-refractivity contribution in [1.82, 2.24) is 4.90 Å². The first-order valence-corrected chi connectivity index (χ1v) is 11.4. The molecule has 1 heterocycles. The van der Waals surface area contributed by atoms with E-state index in [0.29, 0.717) is 18.8 Å². The van der Waals surface area contributed by atoms with E-state index in [4.69, 9.17) is 0 Å². The molecule has 2 aromatic rings. The minimum atomic E-state index is -1.52. The monoisotopic (exact) mass is 413 g/mol. The highest BCUT2D eigenvalue weighted by molar-refractivity contribution is 7.86. The predicted molar refractivity (Wildman–Crippen MR) is 118 cm³/mol. The largest absolute Gasteiger partial charge is 0.368 e. The van der Waals surface area contributed by atoms with E-state index < -0.39 is 10.8 Å². The van der Waals surface area contributed by atoms with E-state index >= 15 is 0 Å². The second-order valence-electron chi connectivity index (χ2n) is 7.03. The fourth-order valence-corrected chi connectivity index (χ4v) is 4.22. The van der Waals surface area contributed by atoms with Crippen molar-refractivity contribution in [2.75, 3.05) is 47.9 Å². The van der Waals surface area contributed by atoms with Crippen LogP contribution in [0.5, 0.6) is 0 Å². The molecule has 0 saturated carbocycles. The summed E-state index contributed by atoms with van der Waals surface area (Å²) in [5.41, 5.74) is 3.00. The van der Waals surface area contributed by atoms with Crippen LogP contribution in [0.2, 0.25) is 0 Å². The van der Waals surface area contributed by atoms with Crippen LogP contribution in [0.25, 0.3) is 0 Å². The Hall–Kier alpha value is -2.67. The quantitative estimate of drug-likeness (QED) is 0.756. The molecule has 6 nitrogen and oxygen atoms in total. The molecule has 2 amide bonds. The second kappa shape index (κ2) is 10.2. The van der Waals surface area contributed by atoms with E-state index in [1.807, 2.05) is 42.5 Å². The van der Waals surface area contributed by atoms with Crippen molar-refractivity contribution < 1.29 is 13.8 Å². The van der Waals surface area contributed by atoms with Crippen LogP contribution >= 0.6 is 0 Å². The number of para-hydroxylation sites is 1. The van der Waals surface area contributed by atoms with Gasteiger partial charge in [0, 0.05) is 48.4 Å². The fourth-order valence-electron chi connectivity index (χ4n) is 3.30. The third kappa shape index (κ3) is 6.15. The number of anilines is 2. The Morgan fingerprint density at radius 2 is 1.59 bits per heavy atom. The summed E-state index contributed by atoms with van der Waals surface area (Å²) < 4.78 is 12.3. The molecule has 1 atom stereocenters. The number of carbonyl (C=O) groups excluding carboxylic acids is 2. The maximum atomic E-state index is 12.4. The summed E-state index contributed by atoms with van der Waals surface area (Å²) in [6, 6.07) is 17.7. The Bertz CT molecular complexity index is 847. The summed E-state index contributed by atoms with van der Waals surface area (Å²) in [5, 5.41) is 2.74. The third-order valence-electron chi connectivity index (χ3n) is 4.98. The van der Waals surface area contributed by atoms with Crippen LogP contribution < -0.4 is 10.2 Å². The minimum Gasteiger partial charge on any atom is -0.368 e. The average Bonchev–Trinajstić information content (AvgIpc) is 2.74. The van der Waals surface area contributed by atoms with E-state index in [1.165, 1.54) is 5.56 Å². The van der Waals surface area contributed by atoms with Crippen molar-refractivity contribution in [1.29, 1.82) is 0 Å². The highest BCUT2D eigenvalue weighted by Crippen LogP contribution is 2.15. The summed E-state index contributed by atoms with van der Waals surface area (Å²) in [6.45, 7) is 4.75. The lowest BCUT2D eigenvalue weighted by Crippen LogP contribution is -2.50. The van der Waals surface area contributed by atoms with Crippen LogP contribution in [0.3, 0.4) is 0 Å². The van der Waals surface area contributed by atoms with Crippen LogP contribution in [0.1, 0.15) is 12.5 Å². The predicted octanol–water partition coefficient (Wildman–Crippen LogP) is 2.28. The molecule has 1 N–H and O–H groups in total. The van der Waals surface area contributed by atoms with Crippen molar-refractivity contribution in [3.05, 3.63) is 60.2 Å². The first-order chi connectivity index (χ1) is 14.0. The number of carbonyl (C=O) groups is 2. The zero-order valence-electron chi connectivity index (χ0n) is 16.7. The first-order valence-electron chi connectivity index (χ1n) is 9.86. The van der Waals surface area contributed by atoms with E-state index in [-0.39, 0.29) is 23.3 Å². The lowest BCUT2D eigenvalue weighted by atomic mass is 10.1. The highest BCUT2D eigenvalue weighted by Gasteiger charge is 2.23. The Kier molecular flexibility index (Phi) is 7.41. The van der Waals surface area contributed by atoms with Gasteiger partial charge in [0.25, 0.3) is 0 Å². The van der Waals surface area contributed by atoms with Crippen molar-refractivity contribution in [3.63, 3.8) is 0 Å². The molecule has 1 aliphatic rings. The number of nitrogens with zero attached hydrogens (tertiary/aromatic N) is 2. The maximum absolute atomic E-state index is 12.4. The topological polar surface area (TPSA) is 69.7 Å². The van der Waals surface area contributed by atoms with Crippen molar-refractivity contribution in [2.45, 2.75) is 13.3 Å². The summed E-state index contributed by atoms with van der Waals surface area (Å²) in [5.74, 6) is -0.788. The number of aryl methyl sites for hydroxylation is 1. The van der Waals surface area contributed by atoms with E-state index in [2.05, 4.69) is 29.3 Å². The van der Waals surface area contributed by atoms with Crippen molar-refractivity contribution in [3.8, 4) is 0 Å². The molecule has 1 fully saturated rings. The summed E-state index contributed by atoms with van der Waals surface area (Å²) in [6.07, 6.45) is 0.931. The normalized spacial score (nSPS) is 15.1. The molecule has 154 valence electrons. The van der Waals surface area contributed by atoms with Gasteiger partial charge in [0.15, 0.2) is 0 Å². The molecule has 7 heteroatoms. The van der Waals surface area contributed by atoms with Crippen LogP contribution in [0, 0.1) is 0 Å². The third-order valence-corrected chi connectivity index (χ3v) is 6.13. The number of hydrogen-bond acceptors (Lipinski definition) is 4. The van der Waals surface area contributed by atoms with E-state index in [9.17, 15) is 13.8 Å². The average molecular weight is 414 g/mol. The highest BCUT2D eigenvalue weighted by atomic mass is 32.2. The zero-order chi connectivity index (χ0) is 20.6. The van der Waals surface area contributed by atoms with Crippen LogP contribution in [-0.4, -0.2) is 58.6 Å². The molecule has 1 saturated heterocycles. The van der Waals surface area contributed by atoms with Gasteiger partial charge in [-0.15, -0.1) is 0 Å². The molecule has 0 aliphatic carbocycles. The van der Waals surface area contributed by atoms with Gasteiger partial charge < -0.3 is 15.1 Å². The molecule has 0 aromatic heterocycles. The minimum absolute atomic E-state index is 0.118. The summed E-state index contributed by atoms with van der Waals surface area (Å²) in [4.78, 5) is 28.5. The van der Waals surface area contributed by atoms with Crippen molar-refractivity contribution >= 4 is 34.0 Å². The SMILES string of the molecule is CCc1ccc(NC(=O)CS(=O)CC(=O)N2CCN(c3ccccc3)CC2)cc1. The Balaban J connectivity index is 1.42. The standard InChI is InChI=1S/C22H27N3O3S/c1-2-18-8-10-19(11-9-18)23-21(26)16-29(28)17-22(27)25-14-12-24(13-15-25)20-6-4-3-5-7-20/h3-11H,2,12-17H2,1H3,(H,23,26). The molecule has 29 heavy (non-hydrogen) atoms. The van der Waals surface area contributed by atoms with Gasteiger partial charge in [-0.2, -0.15) is 0 Å². The summed E-state index contributed by atoms with van der Waals surface area (Å²) in [7, 11) is -1.52. The Morgan fingerprint density at radius 3 is 2.21 bits per heavy atom. The molecular formula is C22H27N3O3S. The Morgan fingerprint density at radius 1 is 0.931 bits per heavy atom. The van der Waals surface area contributed by atoms with Gasteiger partial charge >= 0.3 is 0 Å². The van der Waals surface area contributed by atoms with Gasteiger partial charge in [0.2, 0.25) is 11.8 Å². The number of hydrogen-bond donors (Lipinski definition) is 1. The van der Waals surface area contributed by atoms with Crippen molar-refractivity contribution in [2.24, 2.45) is 0 Å². The molecule has 1 unspecified atom stereocenters. The molecule has 0 spiro atoms. The lowest BCUT2D eigenvalue weighted by molar-refractivity contribution is -0.128. The van der Waals surface area contributed by atoms with Gasteiger partial charge in [0.1, 0.15) is 11.5 Å². The number of rotatable bonds is 7. The molecule has 1 aliphatic heterocycles. The fraction of sp³-hybridized carbons (Fsp3) is 0.364. The maximum Gasteiger partial charge on any atom is 0.237 e. The number of benzene rings is 2. The van der Waals surface area contributed by atoms with E-state index in [1.54, 1.807) is 4.90 Å². The molecule has 2 aromatic carbocycles. The molecular weight excluding hydrogens is 386 g/mol. The molecule has 0 radical (unpaired) electrons. The second-order valence-corrected chi connectivity index (χ2v) is 8.49. The van der Waals surface area contributed by atoms with E-state index in [0.717, 1.165) is 25.2 Å². The number of nitrogens with one attached hydrogen (secondary N) is 1. The zero-order valence-corrected chi connectivity index (χ0v) is 17.5. The lowest BCUT2D eigenvalue weighted by Gasteiger charge is -2.36. The molecule has 3 rings (SSSR count). The van der Waals surface area contributed by atoms with Gasteiger partial charge in [-0.3, -0.25) is 13.8 Å². The van der Waals surface area contributed by atoms with Gasteiger partial charge in [-0.25, -0.2) is 0 Å². The smallest absolute Gasteiger partial charge is 0.237 e. The van der Waals surface area contributed by atoms with Crippen LogP contribution in [0.4, 0.5) is 11.4 Å². The first kappa shape index (κ1) is 21.0. The molecule has 0 bridgehead atoms. The van der Waals surface area contributed by atoms with Crippen LogP contribution in [-0.2, 0) is 26.8 Å². The summed E-state index contributed by atoms with van der Waals surface area (Å²) >= 11 is 0. The van der Waals surface area contributed by atoms with Crippen LogP contribution in [0.15, 0.2) is 54.6 Å². The van der Waals surface area contributed by atoms with Gasteiger partial charge in [-0.1, -0.05) is 37.3 Å². The Labute approximate surface area is 174 Å². The van der Waals surface area contributed by atoms with Gasteiger partial charge in [0.05, 0.1) is 0 Å².